The molecule has 0 amide bonds. The normalized spacial score (nSPS) is 18.1. The van der Waals surface area contributed by atoms with Gasteiger partial charge in [-0.2, -0.15) is 0 Å². The number of guanidine groups is 1. The fraction of sp³-hybridized carbons (Fsp3) is 0.750. The molecule has 0 spiro atoms. The maximum Gasteiger partial charge on any atom is 0.191 e. The summed E-state index contributed by atoms with van der Waals surface area (Å²) in [5, 5.41) is 6.76. The van der Waals surface area contributed by atoms with Crippen molar-refractivity contribution in [3.8, 4) is 0 Å². The van der Waals surface area contributed by atoms with Crippen LogP contribution in [0.2, 0.25) is 0 Å². The molecule has 2 aliphatic heterocycles. The predicted molar refractivity (Wildman–Crippen MR) is 146 cm³/mol. The molecule has 0 aromatic carbocycles. The van der Waals surface area contributed by atoms with Crippen molar-refractivity contribution >= 4 is 35.8 Å². The lowest BCUT2D eigenvalue weighted by Crippen LogP contribution is -2.46. The number of hydrogen-bond donors (Lipinski definition) is 2. The molecule has 0 unspecified atom stereocenters. The van der Waals surface area contributed by atoms with Crippen molar-refractivity contribution in [3.05, 3.63) is 23.9 Å². The van der Waals surface area contributed by atoms with Crippen LogP contribution in [-0.2, 0) is 16.0 Å². The molecule has 2 fully saturated rings. The van der Waals surface area contributed by atoms with E-state index in [-0.39, 0.29) is 24.0 Å². The quantitative estimate of drug-likeness (QED) is 0.182. The highest BCUT2D eigenvalue weighted by Crippen LogP contribution is 2.16. The summed E-state index contributed by atoms with van der Waals surface area (Å²) in [7, 11) is 0. The second kappa shape index (κ2) is 16.5. The van der Waals surface area contributed by atoms with Crippen LogP contribution in [0, 0.1) is 5.92 Å². The van der Waals surface area contributed by atoms with Crippen molar-refractivity contribution in [1.29, 1.82) is 0 Å². The van der Waals surface area contributed by atoms with Crippen LogP contribution < -0.4 is 15.5 Å². The number of halogens is 1. The number of anilines is 1. The van der Waals surface area contributed by atoms with Crippen LogP contribution in [0.15, 0.2) is 23.3 Å². The van der Waals surface area contributed by atoms with Crippen molar-refractivity contribution in [3.63, 3.8) is 0 Å². The molecule has 3 rings (SSSR count). The van der Waals surface area contributed by atoms with E-state index in [2.05, 4.69) is 51.4 Å². The van der Waals surface area contributed by atoms with E-state index in [1.807, 2.05) is 6.20 Å². The molecule has 0 bridgehead atoms. The Labute approximate surface area is 216 Å². The third-order valence-electron chi connectivity index (χ3n) is 6.17. The third-order valence-corrected chi connectivity index (χ3v) is 6.17. The molecule has 0 aliphatic carbocycles. The first-order chi connectivity index (χ1) is 15.8. The molecule has 3 heterocycles. The van der Waals surface area contributed by atoms with E-state index in [4.69, 9.17) is 14.5 Å². The molecular weight excluding hydrogens is 531 g/mol. The summed E-state index contributed by atoms with van der Waals surface area (Å²) in [6, 6.07) is 4.24. The molecule has 33 heavy (non-hydrogen) atoms. The Morgan fingerprint density at radius 2 is 1.97 bits per heavy atom. The summed E-state index contributed by atoms with van der Waals surface area (Å²) < 4.78 is 11.3. The summed E-state index contributed by atoms with van der Waals surface area (Å²) in [6.07, 6.45) is 5.13. The SMILES string of the molecule is CCNC(=NCc1ccnc(N2CCN(CC)CC2)c1)NCCCOCC1CCOCC1.I. The molecule has 2 aliphatic rings. The molecule has 8 nitrogen and oxygen atoms in total. The van der Waals surface area contributed by atoms with Gasteiger partial charge >= 0.3 is 0 Å². The van der Waals surface area contributed by atoms with Crippen LogP contribution >= 0.6 is 24.0 Å². The number of hydrogen-bond acceptors (Lipinski definition) is 6. The van der Waals surface area contributed by atoms with Gasteiger partial charge < -0.3 is 29.9 Å². The summed E-state index contributed by atoms with van der Waals surface area (Å²) >= 11 is 0. The number of likely N-dealkylation sites (N-methyl/N-ethyl adjacent to an activating group) is 1. The summed E-state index contributed by atoms with van der Waals surface area (Å²) in [4.78, 5) is 14.2. The first-order valence-electron chi connectivity index (χ1n) is 12.4. The highest BCUT2D eigenvalue weighted by molar-refractivity contribution is 14.0. The topological polar surface area (TPSA) is 74.3 Å². The Kier molecular flexibility index (Phi) is 14.0. The predicted octanol–water partition coefficient (Wildman–Crippen LogP) is 2.73. The lowest BCUT2D eigenvalue weighted by molar-refractivity contribution is 0.0203. The van der Waals surface area contributed by atoms with Crippen LogP contribution in [0.3, 0.4) is 0 Å². The van der Waals surface area contributed by atoms with Gasteiger partial charge in [0.2, 0.25) is 0 Å². The summed E-state index contributed by atoms with van der Waals surface area (Å²) in [5.41, 5.74) is 1.19. The zero-order valence-corrected chi connectivity index (χ0v) is 22.8. The largest absolute Gasteiger partial charge is 0.381 e. The first kappa shape index (κ1) is 28.1. The van der Waals surface area contributed by atoms with Crippen molar-refractivity contribution in [2.75, 3.05) is 77.1 Å². The second-order valence-corrected chi connectivity index (χ2v) is 8.55. The number of pyridine rings is 1. The third kappa shape index (κ3) is 10.3. The molecule has 0 radical (unpaired) electrons. The van der Waals surface area contributed by atoms with Gasteiger partial charge in [0.05, 0.1) is 6.54 Å². The minimum Gasteiger partial charge on any atom is -0.381 e. The summed E-state index contributed by atoms with van der Waals surface area (Å²) in [5.74, 6) is 2.58. The lowest BCUT2D eigenvalue weighted by atomic mass is 10.0. The van der Waals surface area contributed by atoms with E-state index in [9.17, 15) is 0 Å². The van der Waals surface area contributed by atoms with E-state index < -0.39 is 0 Å². The van der Waals surface area contributed by atoms with Gasteiger partial charge in [-0.05, 0) is 56.3 Å². The Balaban J connectivity index is 0.00000385. The van der Waals surface area contributed by atoms with E-state index in [0.29, 0.717) is 12.5 Å². The van der Waals surface area contributed by atoms with Gasteiger partial charge in [-0.15, -0.1) is 24.0 Å². The van der Waals surface area contributed by atoms with Crippen LogP contribution in [0.5, 0.6) is 0 Å². The Morgan fingerprint density at radius 1 is 1.18 bits per heavy atom. The fourth-order valence-corrected chi connectivity index (χ4v) is 4.08. The first-order valence-corrected chi connectivity index (χ1v) is 12.4. The van der Waals surface area contributed by atoms with Gasteiger partial charge in [0.1, 0.15) is 5.82 Å². The van der Waals surface area contributed by atoms with E-state index in [1.165, 1.54) is 5.56 Å². The average molecular weight is 575 g/mol. The number of piperazine rings is 1. The van der Waals surface area contributed by atoms with Gasteiger partial charge in [-0.25, -0.2) is 9.98 Å². The van der Waals surface area contributed by atoms with Crippen molar-refractivity contribution < 1.29 is 9.47 Å². The van der Waals surface area contributed by atoms with Gasteiger partial charge in [-0.1, -0.05) is 6.92 Å². The molecule has 188 valence electrons. The van der Waals surface area contributed by atoms with Crippen molar-refractivity contribution in [1.82, 2.24) is 20.5 Å². The van der Waals surface area contributed by atoms with Crippen molar-refractivity contribution in [2.24, 2.45) is 10.9 Å². The Bertz CT molecular complexity index is 679. The molecule has 0 saturated carbocycles. The number of aliphatic imine (C=N–C) groups is 1. The molecule has 1 aromatic rings. The van der Waals surface area contributed by atoms with Crippen LogP contribution in [0.1, 0.15) is 38.7 Å². The smallest absolute Gasteiger partial charge is 0.191 e. The fourth-order valence-electron chi connectivity index (χ4n) is 4.08. The van der Waals surface area contributed by atoms with Crippen molar-refractivity contribution in [2.45, 2.75) is 39.7 Å². The number of rotatable bonds is 11. The standard InChI is InChI=1S/C24H42N6O2.HI/c1-3-25-24(27-9-5-15-32-20-21-7-16-31-17-8-21)28-19-22-6-10-26-23(18-22)30-13-11-29(4-2)12-14-30;/h6,10,18,21H,3-5,7-9,11-17,19-20H2,1-2H3,(H2,25,27,28);1H. The summed E-state index contributed by atoms with van der Waals surface area (Å²) in [6.45, 7) is 15.5. The van der Waals surface area contributed by atoms with Gasteiger partial charge in [0, 0.05) is 71.9 Å². The van der Waals surface area contributed by atoms with Gasteiger partial charge in [0.15, 0.2) is 5.96 Å². The molecule has 1 aromatic heterocycles. The number of nitrogens with one attached hydrogen (secondary N) is 2. The van der Waals surface area contributed by atoms with Crippen LogP contribution in [0.25, 0.3) is 0 Å². The minimum atomic E-state index is 0. The molecule has 9 heteroatoms. The van der Waals surface area contributed by atoms with Crippen LogP contribution in [-0.4, -0.2) is 88.1 Å². The molecule has 0 atom stereocenters. The van der Waals surface area contributed by atoms with E-state index in [0.717, 1.165) is 103 Å². The Hall–Kier alpha value is -1.17. The maximum atomic E-state index is 5.86. The zero-order valence-electron chi connectivity index (χ0n) is 20.4. The lowest BCUT2D eigenvalue weighted by Gasteiger charge is -2.34. The molecule has 2 N–H and O–H groups in total. The minimum absolute atomic E-state index is 0. The maximum absolute atomic E-state index is 5.86. The highest BCUT2D eigenvalue weighted by Gasteiger charge is 2.17. The second-order valence-electron chi connectivity index (χ2n) is 8.55. The number of aromatic nitrogens is 1. The number of ether oxygens (including phenoxy) is 2. The average Bonchev–Trinajstić information content (AvgIpc) is 2.85. The molecule has 2 saturated heterocycles. The van der Waals surface area contributed by atoms with Gasteiger partial charge in [0.25, 0.3) is 0 Å². The highest BCUT2D eigenvalue weighted by atomic mass is 127. The van der Waals surface area contributed by atoms with Gasteiger partial charge in [-0.3, -0.25) is 0 Å². The number of nitrogens with zero attached hydrogens (tertiary/aromatic N) is 4. The van der Waals surface area contributed by atoms with E-state index in [1.54, 1.807) is 0 Å². The van der Waals surface area contributed by atoms with E-state index >= 15 is 0 Å². The monoisotopic (exact) mass is 574 g/mol. The van der Waals surface area contributed by atoms with Crippen LogP contribution in [0.4, 0.5) is 5.82 Å². The zero-order chi connectivity index (χ0) is 22.4. The Morgan fingerprint density at radius 3 is 2.70 bits per heavy atom. The molecular formula is C24H43IN6O2.